The molecule has 0 aliphatic carbocycles. The van der Waals surface area contributed by atoms with Crippen LogP contribution in [0.2, 0.25) is 0 Å². The van der Waals surface area contributed by atoms with Gasteiger partial charge in [0.25, 0.3) is 0 Å². The lowest BCUT2D eigenvalue weighted by Crippen LogP contribution is -1.89. The van der Waals surface area contributed by atoms with Gasteiger partial charge in [0.05, 0.1) is 0 Å². The molecule has 0 nitrogen and oxygen atoms in total. The van der Waals surface area contributed by atoms with E-state index in [0.717, 1.165) is 12.8 Å². The average Bonchev–Trinajstić information content (AvgIpc) is 2.30. The van der Waals surface area contributed by atoms with Gasteiger partial charge in [-0.1, -0.05) is 55.0 Å². The summed E-state index contributed by atoms with van der Waals surface area (Å²) in [5.74, 6) is 0.626. The van der Waals surface area contributed by atoms with Gasteiger partial charge in [-0.05, 0) is 37.7 Å². The predicted octanol–water partition coefficient (Wildman–Crippen LogP) is 4.78. The van der Waals surface area contributed by atoms with E-state index >= 15 is 0 Å². The van der Waals surface area contributed by atoms with Gasteiger partial charge < -0.3 is 0 Å². The first-order chi connectivity index (χ1) is 7.72. The van der Waals surface area contributed by atoms with Crippen molar-refractivity contribution in [2.24, 2.45) is 5.92 Å². The minimum atomic E-state index is 0.626. The molecule has 1 rings (SSSR count). The van der Waals surface area contributed by atoms with Crippen molar-refractivity contribution in [1.29, 1.82) is 0 Å². The van der Waals surface area contributed by atoms with Crippen LogP contribution in [0.3, 0.4) is 0 Å². The summed E-state index contributed by atoms with van der Waals surface area (Å²) < 4.78 is 0. The molecule has 1 aromatic carbocycles. The molecule has 0 heterocycles. The molecule has 0 radical (unpaired) electrons. The summed E-state index contributed by atoms with van der Waals surface area (Å²) in [6.45, 7) is 8.23. The average molecular weight is 214 g/mol. The van der Waals surface area contributed by atoms with Gasteiger partial charge in [-0.2, -0.15) is 0 Å². The van der Waals surface area contributed by atoms with E-state index in [1.165, 1.54) is 17.6 Å². The first kappa shape index (κ1) is 12.8. The summed E-state index contributed by atoms with van der Waals surface area (Å²) in [6, 6.07) is 10.6. The Bertz CT molecular complexity index is 332. The van der Waals surface area contributed by atoms with Gasteiger partial charge in [-0.25, -0.2) is 0 Å². The lowest BCUT2D eigenvalue weighted by Gasteiger charge is -2.04. The molecule has 86 valence electrons. The first-order valence-corrected chi connectivity index (χ1v) is 6.04. The largest absolute Gasteiger partial charge is 0.103 e. The number of rotatable bonds is 6. The van der Waals surface area contributed by atoms with Crippen LogP contribution < -0.4 is 0 Å². The van der Waals surface area contributed by atoms with E-state index in [-0.39, 0.29) is 0 Å². The zero-order valence-electron chi connectivity index (χ0n) is 10.4. The zero-order valence-corrected chi connectivity index (χ0v) is 10.4. The Balaban J connectivity index is 2.37. The smallest absolute Gasteiger partial charge is 0.00699 e. The van der Waals surface area contributed by atoms with Crippen molar-refractivity contribution in [2.45, 2.75) is 33.1 Å². The van der Waals surface area contributed by atoms with E-state index < -0.39 is 0 Å². The van der Waals surface area contributed by atoms with Crippen LogP contribution >= 0.6 is 0 Å². The molecule has 0 aliphatic heterocycles. The Hall–Kier alpha value is -1.30. The van der Waals surface area contributed by atoms with Crippen LogP contribution in [0.4, 0.5) is 0 Å². The first-order valence-electron chi connectivity index (χ1n) is 6.04. The van der Waals surface area contributed by atoms with Crippen molar-refractivity contribution in [3.63, 3.8) is 0 Å². The molecule has 0 aliphatic rings. The van der Waals surface area contributed by atoms with E-state index in [9.17, 15) is 0 Å². The third-order valence-electron chi connectivity index (χ3n) is 2.84. The van der Waals surface area contributed by atoms with Crippen LogP contribution in [0.25, 0.3) is 0 Å². The number of hydrogen-bond donors (Lipinski definition) is 0. The maximum Gasteiger partial charge on any atom is -0.00699 e. The van der Waals surface area contributed by atoms with E-state index in [0.29, 0.717) is 5.92 Å². The van der Waals surface area contributed by atoms with Crippen LogP contribution in [0.1, 0.15) is 32.3 Å². The highest BCUT2D eigenvalue weighted by Crippen LogP contribution is 2.11. The van der Waals surface area contributed by atoms with E-state index in [1.54, 1.807) is 0 Å². The van der Waals surface area contributed by atoms with Crippen molar-refractivity contribution in [3.05, 3.63) is 60.2 Å². The molecule has 0 spiro atoms. The lowest BCUT2D eigenvalue weighted by molar-refractivity contribution is 0.657. The van der Waals surface area contributed by atoms with Gasteiger partial charge >= 0.3 is 0 Å². The monoisotopic (exact) mass is 214 g/mol. The SMILES string of the molecule is C=CC(C)CC/C=C(\C)Cc1ccccc1. The summed E-state index contributed by atoms with van der Waals surface area (Å²) >= 11 is 0. The van der Waals surface area contributed by atoms with Gasteiger partial charge in [-0.15, -0.1) is 6.58 Å². The summed E-state index contributed by atoms with van der Waals surface area (Å²) in [5.41, 5.74) is 2.86. The summed E-state index contributed by atoms with van der Waals surface area (Å²) in [5, 5.41) is 0. The molecule has 1 atom stereocenters. The number of benzene rings is 1. The zero-order chi connectivity index (χ0) is 11.8. The third-order valence-corrected chi connectivity index (χ3v) is 2.84. The quantitative estimate of drug-likeness (QED) is 0.598. The van der Waals surface area contributed by atoms with E-state index in [4.69, 9.17) is 0 Å². The maximum absolute atomic E-state index is 3.81. The Morgan fingerprint density at radius 2 is 2.00 bits per heavy atom. The minimum Gasteiger partial charge on any atom is -0.103 e. The Morgan fingerprint density at radius 1 is 1.31 bits per heavy atom. The van der Waals surface area contributed by atoms with Crippen molar-refractivity contribution in [3.8, 4) is 0 Å². The van der Waals surface area contributed by atoms with E-state index in [2.05, 4.69) is 56.8 Å². The molecule has 0 amide bonds. The van der Waals surface area contributed by atoms with Crippen LogP contribution in [0, 0.1) is 5.92 Å². The van der Waals surface area contributed by atoms with Crippen LogP contribution in [0.5, 0.6) is 0 Å². The molecular formula is C16H22. The molecule has 0 aromatic heterocycles. The molecule has 0 saturated carbocycles. The second-order valence-electron chi connectivity index (χ2n) is 4.50. The van der Waals surface area contributed by atoms with Crippen molar-refractivity contribution >= 4 is 0 Å². The fourth-order valence-electron chi connectivity index (χ4n) is 1.70. The molecule has 0 heteroatoms. The summed E-state index contributed by atoms with van der Waals surface area (Å²) in [4.78, 5) is 0. The minimum absolute atomic E-state index is 0.626. The second kappa shape index (κ2) is 7.05. The molecule has 0 fully saturated rings. The van der Waals surface area contributed by atoms with Gasteiger partial charge in [0.15, 0.2) is 0 Å². The predicted molar refractivity (Wildman–Crippen MR) is 72.5 cm³/mol. The second-order valence-corrected chi connectivity index (χ2v) is 4.50. The fourth-order valence-corrected chi connectivity index (χ4v) is 1.70. The number of allylic oxidation sites excluding steroid dienone is 3. The highest BCUT2D eigenvalue weighted by atomic mass is 14.0. The molecule has 0 saturated heterocycles. The standard InChI is InChI=1S/C16H22/c1-4-14(2)9-8-10-15(3)13-16-11-6-5-7-12-16/h4-7,10-12,14H,1,8-9,13H2,2-3H3/b15-10+. The Kier molecular flexibility index (Phi) is 5.63. The Labute approximate surface area is 99.7 Å². The third kappa shape index (κ3) is 4.97. The highest BCUT2D eigenvalue weighted by molar-refractivity contribution is 5.20. The molecular weight excluding hydrogens is 192 g/mol. The van der Waals surface area contributed by atoms with Gasteiger partial charge in [-0.3, -0.25) is 0 Å². The summed E-state index contributed by atoms with van der Waals surface area (Å²) in [7, 11) is 0. The van der Waals surface area contributed by atoms with Gasteiger partial charge in [0.2, 0.25) is 0 Å². The van der Waals surface area contributed by atoms with Crippen LogP contribution in [0.15, 0.2) is 54.6 Å². The normalized spacial score (nSPS) is 13.5. The van der Waals surface area contributed by atoms with Crippen molar-refractivity contribution < 1.29 is 0 Å². The molecule has 1 unspecified atom stereocenters. The van der Waals surface area contributed by atoms with Gasteiger partial charge in [0, 0.05) is 0 Å². The van der Waals surface area contributed by atoms with Crippen LogP contribution in [-0.4, -0.2) is 0 Å². The van der Waals surface area contributed by atoms with Crippen LogP contribution in [-0.2, 0) is 6.42 Å². The van der Waals surface area contributed by atoms with E-state index in [1.807, 2.05) is 6.08 Å². The topological polar surface area (TPSA) is 0 Å². The molecule has 0 bridgehead atoms. The van der Waals surface area contributed by atoms with Crippen molar-refractivity contribution in [1.82, 2.24) is 0 Å². The Morgan fingerprint density at radius 3 is 2.62 bits per heavy atom. The fraction of sp³-hybridized carbons (Fsp3) is 0.375. The van der Waals surface area contributed by atoms with Crippen molar-refractivity contribution in [2.75, 3.05) is 0 Å². The lowest BCUT2D eigenvalue weighted by atomic mass is 10.0. The molecule has 16 heavy (non-hydrogen) atoms. The number of hydrogen-bond acceptors (Lipinski definition) is 0. The highest BCUT2D eigenvalue weighted by Gasteiger charge is 1.96. The van der Waals surface area contributed by atoms with Gasteiger partial charge in [0.1, 0.15) is 0 Å². The maximum atomic E-state index is 3.81. The molecule has 1 aromatic rings. The summed E-state index contributed by atoms with van der Waals surface area (Å²) in [6.07, 6.45) is 7.82. The molecule has 0 N–H and O–H groups in total.